The molecule has 28 heavy (non-hydrogen) atoms. The van der Waals surface area contributed by atoms with Gasteiger partial charge >= 0.3 is 0 Å². The molecule has 0 fully saturated rings. The third kappa shape index (κ3) is 4.15. The molecule has 4 heterocycles. The lowest BCUT2D eigenvalue weighted by Crippen LogP contribution is -2.00. The van der Waals surface area contributed by atoms with Crippen LogP contribution in [0.3, 0.4) is 0 Å². The molecule has 4 aromatic rings. The van der Waals surface area contributed by atoms with Gasteiger partial charge in [-0.2, -0.15) is 9.97 Å². The average Bonchev–Trinajstić information content (AvgIpc) is 3.19. The molecular formula is C16H16Cl4N8. The lowest BCUT2D eigenvalue weighted by molar-refractivity contribution is 0.612. The van der Waals surface area contributed by atoms with E-state index < -0.39 is 0 Å². The summed E-state index contributed by atoms with van der Waals surface area (Å²) in [5.41, 5.74) is 2.52. The highest BCUT2D eigenvalue weighted by molar-refractivity contribution is 6.35. The second-order valence-corrected chi connectivity index (χ2v) is 7.79. The number of nitrogens with zero attached hydrogens (tertiary/aromatic N) is 8. The van der Waals surface area contributed by atoms with Gasteiger partial charge in [-0.1, -0.05) is 23.2 Å². The predicted octanol–water partition coefficient (Wildman–Crippen LogP) is 5.43. The molecular weight excluding hydrogens is 446 g/mol. The van der Waals surface area contributed by atoms with Gasteiger partial charge in [0.25, 0.3) is 0 Å². The Morgan fingerprint density at radius 3 is 1.32 bits per heavy atom. The summed E-state index contributed by atoms with van der Waals surface area (Å²) in [6, 6.07) is 0.532. The van der Waals surface area contributed by atoms with Crippen molar-refractivity contribution in [2.45, 2.75) is 39.8 Å². The molecule has 0 N–H and O–H groups in total. The summed E-state index contributed by atoms with van der Waals surface area (Å²) in [6.45, 7) is 8.13. The quantitative estimate of drug-likeness (QED) is 0.292. The van der Waals surface area contributed by atoms with Crippen molar-refractivity contribution in [3.63, 3.8) is 0 Å². The summed E-state index contributed by atoms with van der Waals surface area (Å²) in [5, 5.41) is 0.869. The van der Waals surface area contributed by atoms with E-state index in [2.05, 4.69) is 29.9 Å². The van der Waals surface area contributed by atoms with Crippen LogP contribution in [-0.2, 0) is 0 Å². The van der Waals surface area contributed by atoms with E-state index in [0.717, 1.165) is 0 Å². The lowest BCUT2D eigenvalue weighted by atomic mass is 10.4. The third-order valence-corrected chi connectivity index (χ3v) is 4.68. The molecule has 0 aliphatic carbocycles. The van der Waals surface area contributed by atoms with Crippen molar-refractivity contribution in [2.24, 2.45) is 0 Å². The predicted molar refractivity (Wildman–Crippen MR) is 111 cm³/mol. The standard InChI is InChI=1S/2C8H8Cl2N4/c2*1-4(2)14-3-11-5-6(9)12-8(10)13-7(5)14/h2*3-4H,1-2H3. The highest BCUT2D eigenvalue weighted by atomic mass is 35.5. The van der Waals surface area contributed by atoms with Crippen molar-refractivity contribution >= 4 is 68.7 Å². The molecule has 12 heteroatoms. The zero-order chi connectivity index (χ0) is 20.6. The Kier molecular flexibility index (Phi) is 6.24. The van der Waals surface area contributed by atoms with E-state index in [0.29, 0.717) is 32.6 Å². The van der Waals surface area contributed by atoms with Crippen molar-refractivity contribution in [1.82, 2.24) is 39.0 Å². The van der Waals surface area contributed by atoms with E-state index in [1.54, 1.807) is 12.7 Å². The van der Waals surface area contributed by atoms with Gasteiger partial charge in [0.15, 0.2) is 21.6 Å². The fourth-order valence-electron chi connectivity index (χ4n) is 2.47. The van der Waals surface area contributed by atoms with E-state index in [1.165, 1.54) is 0 Å². The van der Waals surface area contributed by atoms with E-state index in [9.17, 15) is 0 Å². The molecule has 4 rings (SSSR count). The molecule has 0 radical (unpaired) electrons. The van der Waals surface area contributed by atoms with Crippen molar-refractivity contribution in [2.75, 3.05) is 0 Å². The lowest BCUT2D eigenvalue weighted by Gasteiger charge is -2.06. The number of aromatic nitrogens is 8. The Balaban J connectivity index is 0.000000161. The first-order valence-corrected chi connectivity index (χ1v) is 9.81. The van der Waals surface area contributed by atoms with Crippen LogP contribution in [0, 0.1) is 0 Å². The van der Waals surface area contributed by atoms with Crippen LogP contribution in [0.15, 0.2) is 12.7 Å². The number of rotatable bonds is 2. The fraction of sp³-hybridized carbons (Fsp3) is 0.375. The van der Waals surface area contributed by atoms with Crippen LogP contribution in [0.25, 0.3) is 22.3 Å². The van der Waals surface area contributed by atoms with Crippen LogP contribution in [-0.4, -0.2) is 39.0 Å². The summed E-state index contributed by atoms with van der Waals surface area (Å²) in [4.78, 5) is 24.1. The first-order chi connectivity index (χ1) is 13.2. The molecule has 0 saturated carbocycles. The zero-order valence-electron chi connectivity index (χ0n) is 15.4. The summed E-state index contributed by atoms with van der Waals surface area (Å²) in [6.07, 6.45) is 3.37. The summed E-state index contributed by atoms with van der Waals surface area (Å²) < 4.78 is 3.80. The van der Waals surface area contributed by atoms with E-state index in [4.69, 9.17) is 46.4 Å². The van der Waals surface area contributed by atoms with Crippen molar-refractivity contribution in [3.8, 4) is 0 Å². The van der Waals surface area contributed by atoms with Gasteiger partial charge in [-0.05, 0) is 50.9 Å². The topological polar surface area (TPSA) is 87.2 Å². The molecule has 0 amide bonds. The normalized spacial score (nSPS) is 11.5. The minimum atomic E-state index is 0.143. The molecule has 0 spiro atoms. The van der Waals surface area contributed by atoms with Crippen LogP contribution in [0.2, 0.25) is 20.9 Å². The summed E-state index contributed by atoms with van der Waals surface area (Å²) >= 11 is 23.2. The molecule has 8 nitrogen and oxygen atoms in total. The molecule has 0 bridgehead atoms. The third-order valence-electron chi connectivity index (χ3n) is 3.82. The van der Waals surface area contributed by atoms with Crippen LogP contribution in [0.1, 0.15) is 39.8 Å². The average molecular weight is 462 g/mol. The highest BCUT2D eigenvalue weighted by Crippen LogP contribution is 2.23. The van der Waals surface area contributed by atoms with Gasteiger partial charge in [-0.25, -0.2) is 19.9 Å². The Hall–Kier alpha value is -1.74. The van der Waals surface area contributed by atoms with E-state index in [-0.39, 0.29) is 22.7 Å². The monoisotopic (exact) mass is 460 g/mol. The molecule has 0 aliphatic rings. The minimum absolute atomic E-state index is 0.143. The number of fused-ring (bicyclic) bond motifs is 2. The Labute approximate surface area is 180 Å². The molecule has 148 valence electrons. The smallest absolute Gasteiger partial charge is 0.225 e. The second-order valence-electron chi connectivity index (χ2n) is 6.40. The molecule has 0 aromatic carbocycles. The number of halogens is 4. The van der Waals surface area contributed by atoms with Crippen molar-refractivity contribution < 1.29 is 0 Å². The Morgan fingerprint density at radius 2 is 1.00 bits per heavy atom. The van der Waals surface area contributed by atoms with Crippen molar-refractivity contribution in [1.29, 1.82) is 0 Å². The number of hydrogen-bond acceptors (Lipinski definition) is 6. The summed E-state index contributed by atoms with van der Waals surface area (Å²) in [5.74, 6) is 0. The van der Waals surface area contributed by atoms with Gasteiger partial charge < -0.3 is 9.13 Å². The number of imidazole rings is 2. The Bertz CT molecular complexity index is 1040. The SMILES string of the molecule is CC(C)n1cnc2c(Cl)nc(Cl)nc21.CC(C)n1cnc2c(Cl)nc(Cl)nc21. The molecule has 0 aliphatic heterocycles. The summed E-state index contributed by atoms with van der Waals surface area (Å²) in [7, 11) is 0. The van der Waals surface area contributed by atoms with Gasteiger partial charge in [0.1, 0.15) is 11.0 Å². The van der Waals surface area contributed by atoms with Crippen LogP contribution >= 0.6 is 46.4 Å². The zero-order valence-corrected chi connectivity index (χ0v) is 18.4. The van der Waals surface area contributed by atoms with Gasteiger partial charge in [-0.15, -0.1) is 0 Å². The maximum atomic E-state index is 5.87. The van der Waals surface area contributed by atoms with Gasteiger partial charge in [0.2, 0.25) is 10.6 Å². The molecule has 0 atom stereocenters. The minimum Gasteiger partial charge on any atom is -0.313 e. The highest BCUT2D eigenvalue weighted by Gasteiger charge is 2.13. The van der Waals surface area contributed by atoms with Crippen LogP contribution in [0.5, 0.6) is 0 Å². The fourth-order valence-corrected chi connectivity index (χ4v) is 3.31. The first kappa shape index (κ1) is 21.0. The van der Waals surface area contributed by atoms with E-state index >= 15 is 0 Å². The first-order valence-electron chi connectivity index (χ1n) is 8.30. The Morgan fingerprint density at radius 1 is 0.643 bits per heavy atom. The maximum absolute atomic E-state index is 5.87. The van der Waals surface area contributed by atoms with Crippen LogP contribution < -0.4 is 0 Å². The second kappa shape index (κ2) is 8.32. The molecule has 0 unspecified atom stereocenters. The van der Waals surface area contributed by atoms with Gasteiger partial charge in [0.05, 0.1) is 12.7 Å². The number of hydrogen-bond donors (Lipinski definition) is 0. The van der Waals surface area contributed by atoms with E-state index in [1.807, 2.05) is 36.8 Å². The van der Waals surface area contributed by atoms with Gasteiger partial charge in [0, 0.05) is 12.1 Å². The van der Waals surface area contributed by atoms with Gasteiger partial charge in [-0.3, -0.25) is 0 Å². The van der Waals surface area contributed by atoms with Crippen molar-refractivity contribution in [3.05, 3.63) is 33.5 Å². The largest absolute Gasteiger partial charge is 0.313 e. The molecule has 4 aromatic heterocycles. The van der Waals surface area contributed by atoms with Crippen LogP contribution in [0.4, 0.5) is 0 Å². The molecule has 0 saturated heterocycles. The maximum Gasteiger partial charge on any atom is 0.225 e.